The van der Waals surface area contributed by atoms with Crippen molar-refractivity contribution in [2.45, 2.75) is 32.9 Å². The molecule has 0 aliphatic heterocycles. The summed E-state index contributed by atoms with van der Waals surface area (Å²) < 4.78 is 5.64. The second-order valence-electron chi connectivity index (χ2n) is 5.01. The van der Waals surface area contributed by atoms with Crippen LogP contribution in [0.5, 0.6) is 5.75 Å². The molecule has 0 aromatic heterocycles. The lowest BCUT2D eigenvalue weighted by atomic mass is 10.0. The summed E-state index contributed by atoms with van der Waals surface area (Å²) in [4.78, 5) is 0. The third-order valence-corrected chi connectivity index (χ3v) is 2.93. The molecular formula is C17H21NO. The van der Waals surface area contributed by atoms with Crippen molar-refractivity contribution in [1.82, 2.24) is 0 Å². The van der Waals surface area contributed by atoms with E-state index < -0.39 is 0 Å². The van der Waals surface area contributed by atoms with Gasteiger partial charge in [0.2, 0.25) is 0 Å². The van der Waals surface area contributed by atoms with Crippen LogP contribution in [0.25, 0.3) is 0 Å². The summed E-state index contributed by atoms with van der Waals surface area (Å²) in [5, 5.41) is 0. The molecule has 2 heteroatoms. The molecule has 2 aromatic carbocycles. The van der Waals surface area contributed by atoms with E-state index in [0.717, 1.165) is 12.2 Å². The minimum atomic E-state index is 0.215. The largest absolute Gasteiger partial charge is 0.491 e. The van der Waals surface area contributed by atoms with Gasteiger partial charge in [-0.3, -0.25) is 0 Å². The Morgan fingerprint density at radius 2 is 1.63 bits per heavy atom. The van der Waals surface area contributed by atoms with E-state index >= 15 is 0 Å². The van der Waals surface area contributed by atoms with E-state index in [1.165, 1.54) is 16.7 Å². The molecule has 0 unspecified atom stereocenters. The predicted molar refractivity (Wildman–Crippen MR) is 79.3 cm³/mol. The molecule has 19 heavy (non-hydrogen) atoms. The predicted octanol–water partition coefficient (Wildman–Crippen LogP) is 3.52. The zero-order valence-electron chi connectivity index (χ0n) is 11.6. The zero-order chi connectivity index (χ0) is 13.7. The molecule has 0 fully saturated rings. The van der Waals surface area contributed by atoms with Crippen LogP contribution in [0.1, 0.15) is 30.5 Å². The second-order valence-corrected chi connectivity index (χ2v) is 5.01. The number of ether oxygens (including phenoxy) is 1. The molecule has 0 amide bonds. The Morgan fingerprint density at radius 1 is 0.947 bits per heavy atom. The average molecular weight is 255 g/mol. The fourth-order valence-electron chi connectivity index (χ4n) is 2.06. The average Bonchev–Trinajstić information content (AvgIpc) is 2.41. The van der Waals surface area contributed by atoms with Crippen molar-refractivity contribution in [3.63, 3.8) is 0 Å². The van der Waals surface area contributed by atoms with Crippen molar-refractivity contribution in [3.05, 3.63) is 65.2 Å². The molecule has 100 valence electrons. The quantitative estimate of drug-likeness (QED) is 0.887. The first-order valence-electron chi connectivity index (χ1n) is 6.71. The van der Waals surface area contributed by atoms with E-state index in [9.17, 15) is 0 Å². The molecule has 0 saturated heterocycles. The van der Waals surface area contributed by atoms with E-state index in [-0.39, 0.29) is 6.10 Å². The Hall–Kier alpha value is -1.80. The van der Waals surface area contributed by atoms with Gasteiger partial charge in [-0.05, 0) is 49.1 Å². The van der Waals surface area contributed by atoms with Crippen molar-refractivity contribution in [1.29, 1.82) is 0 Å². The highest BCUT2D eigenvalue weighted by Crippen LogP contribution is 2.17. The van der Waals surface area contributed by atoms with Gasteiger partial charge < -0.3 is 10.5 Å². The smallest absolute Gasteiger partial charge is 0.119 e. The molecule has 0 spiro atoms. The number of nitrogens with two attached hydrogens (primary N) is 1. The first kappa shape index (κ1) is 13.6. The van der Waals surface area contributed by atoms with Crippen LogP contribution in [0.3, 0.4) is 0 Å². The molecule has 2 rings (SSSR count). The SMILES string of the molecule is CC(C)Oc1ccc(Cc2cccc(CN)c2)cc1. The summed E-state index contributed by atoms with van der Waals surface area (Å²) in [5.74, 6) is 0.925. The summed E-state index contributed by atoms with van der Waals surface area (Å²) in [6, 6.07) is 16.7. The van der Waals surface area contributed by atoms with E-state index in [2.05, 4.69) is 36.4 Å². The molecule has 0 aliphatic carbocycles. The van der Waals surface area contributed by atoms with Crippen molar-refractivity contribution in [2.75, 3.05) is 0 Å². The third kappa shape index (κ3) is 4.11. The first-order chi connectivity index (χ1) is 9.17. The summed E-state index contributed by atoms with van der Waals surface area (Å²) in [7, 11) is 0. The van der Waals surface area contributed by atoms with Crippen LogP contribution in [0.4, 0.5) is 0 Å². The first-order valence-corrected chi connectivity index (χ1v) is 6.71. The maximum atomic E-state index is 5.66. The van der Waals surface area contributed by atoms with Crippen molar-refractivity contribution in [3.8, 4) is 5.75 Å². The monoisotopic (exact) mass is 255 g/mol. The van der Waals surface area contributed by atoms with Gasteiger partial charge in [0.25, 0.3) is 0 Å². The fraction of sp³-hybridized carbons (Fsp3) is 0.294. The van der Waals surface area contributed by atoms with Gasteiger partial charge in [-0.1, -0.05) is 36.4 Å². The molecule has 0 heterocycles. The topological polar surface area (TPSA) is 35.2 Å². The third-order valence-electron chi connectivity index (χ3n) is 2.93. The molecule has 2 nitrogen and oxygen atoms in total. The molecule has 2 N–H and O–H groups in total. The normalized spacial score (nSPS) is 10.7. The Balaban J connectivity index is 2.06. The van der Waals surface area contributed by atoms with Gasteiger partial charge >= 0.3 is 0 Å². The van der Waals surface area contributed by atoms with Gasteiger partial charge in [0.05, 0.1) is 6.10 Å². The van der Waals surface area contributed by atoms with E-state index in [4.69, 9.17) is 10.5 Å². The minimum absolute atomic E-state index is 0.215. The lowest BCUT2D eigenvalue weighted by molar-refractivity contribution is 0.242. The molecule has 0 atom stereocenters. The Morgan fingerprint density at radius 3 is 2.26 bits per heavy atom. The Kier molecular flexibility index (Phi) is 4.58. The number of hydrogen-bond acceptors (Lipinski definition) is 2. The number of hydrogen-bond donors (Lipinski definition) is 1. The molecule has 0 saturated carbocycles. The molecule has 2 aromatic rings. The summed E-state index contributed by atoms with van der Waals surface area (Å²) in [6.45, 7) is 4.66. The van der Waals surface area contributed by atoms with Crippen LogP contribution in [0.15, 0.2) is 48.5 Å². The van der Waals surface area contributed by atoms with Gasteiger partial charge in [0.1, 0.15) is 5.75 Å². The lowest BCUT2D eigenvalue weighted by Crippen LogP contribution is -2.05. The summed E-state index contributed by atoms with van der Waals surface area (Å²) in [6.07, 6.45) is 1.14. The highest BCUT2D eigenvalue weighted by atomic mass is 16.5. The van der Waals surface area contributed by atoms with Gasteiger partial charge in [0, 0.05) is 6.54 Å². The summed E-state index contributed by atoms with van der Waals surface area (Å²) >= 11 is 0. The molecule has 0 bridgehead atoms. The van der Waals surface area contributed by atoms with Crippen LogP contribution in [0.2, 0.25) is 0 Å². The summed E-state index contributed by atoms with van der Waals surface area (Å²) in [5.41, 5.74) is 9.41. The van der Waals surface area contributed by atoms with Gasteiger partial charge in [-0.2, -0.15) is 0 Å². The van der Waals surface area contributed by atoms with Gasteiger partial charge in [-0.25, -0.2) is 0 Å². The van der Waals surface area contributed by atoms with Crippen molar-refractivity contribution >= 4 is 0 Å². The second kappa shape index (κ2) is 6.39. The lowest BCUT2D eigenvalue weighted by Gasteiger charge is -2.10. The van der Waals surface area contributed by atoms with Gasteiger partial charge in [0.15, 0.2) is 0 Å². The highest BCUT2D eigenvalue weighted by molar-refractivity contribution is 5.33. The van der Waals surface area contributed by atoms with Gasteiger partial charge in [-0.15, -0.1) is 0 Å². The van der Waals surface area contributed by atoms with E-state index in [1.807, 2.05) is 26.0 Å². The Bertz CT molecular complexity index is 517. The van der Waals surface area contributed by atoms with Crippen LogP contribution < -0.4 is 10.5 Å². The zero-order valence-corrected chi connectivity index (χ0v) is 11.6. The molecular weight excluding hydrogens is 234 g/mol. The van der Waals surface area contributed by atoms with E-state index in [0.29, 0.717) is 6.54 Å². The number of benzene rings is 2. The van der Waals surface area contributed by atoms with Crippen LogP contribution in [-0.4, -0.2) is 6.10 Å². The minimum Gasteiger partial charge on any atom is -0.491 e. The maximum absolute atomic E-state index is 5.66. The standard InChI is InChI=1S/C17H21NO/c1-13(2)19-17-8-6-14(7-9-17)10-15-4-3-5-16(11-15)12-18/h3-9,11,13H,10,12,18H2,1-2H3. The molecule has 0 aliphatic rings. The van der Waals surface area contributed by atoms with Crippen LogP contribution >= 0.6 is 0 Å². The maximum Gasteiger partial charge on any atom is 0.119 e. The molecule has 0 radical (unpaired) electrons. The van der Waals surface area contributed by atoms with Crippen molar-refractivity contribution < 1.29 is 4.74 Å². The van der Waals surface area contributed by atoms with Crippen LogP contribution in [0, 0.1) is 0 Å². The fourth-order valence-corrected chi connectivity index (χ4v) is 2.06. The highest BCUT2D eigenvalue weighted by Gasteiger charge is 2.00. The van der Waals surface area contributed by atoms with Crippen molar-refractivity contribution in [2.24, 2.45) is 5.73 Å². The number of rotatable bonds is 5. The van der Waals surface area contributed by atoms with E-state index in [1.54, 1.807) is 0 Å². The Labute approximate surface area is 115 Å². The van der Waals surface area contributed by atoms with Crippen LogP contribution in [-0.2, 0) is 13.0 Å².